The lowest BCUT2D eigenvalue weighted by molar-refractivity contribution is -0.138. The molecular weight excluding hydrogens is 412 g/mol. The first-order valence-corrected chi connectivity index (χ1v) is 10.9. The molecule has 9 heteroatoms. The average Bonchev–Trinajstić information content (AvgIpc) is 2.83. The largest absolute Gasteiger partial charge is 0.484 e. The van der Waals surface area contributed by atoms with Crippen molar-refractivity contribution in [3.63, 3.8) is 0 Å². The zero-order valence-corrected chi connectivity index (χ0v) is 18.2. The number of para-hydroxylation sites is 1. The Kier molecular flexibility index (Phi) is 6.84. The summed E-state index contributed by atoms with van der Waals surface area (Å²) >= 11 is 0. The second-order valence-corrected chi connectivity index (χ2v) is 8.08. The summed E-state index contributed by atoms with van der Waals surface area (Å²) < 4.78 is 10.6. The first-order valence-electron chi connectivity index (χ1n) is 10.9. The molecule has 0 bridgehead atoms. The molecule has 2 aromatic rings. The number of rotatable bonds is 6. The first kappa shape index (κ1) is 22.0. The van der Waals surface area contributed by atoms with Crippen molar-refractivity contribution in [2.75, 3.05) is 33.4 Å². The number of carbonyl (C=O) groups is 2. The molecule has 32 heavy (non-hydrogen) atoms. The summed E-state index contributed by atoms with van der Waals surface area (Å²) in [6.07, 6.45) is 3.09. The Morgan fingerprint density at radius 1 is 1.12 bits per heavy atom. The fourth-order valence-electron chi connectivity index (χ4n) is 4.29. The van der Waals surface area contributed by atoms with E-state index in [1.807, 2.05) is 30.3 Å². The van der Waals surface area contributed by atoms with Crippen molar-refractivity contribution >= 4 is 11.8 Å². The van der Waals surface area contributed by atoms with Gasteiger partial charge in [-0.15, -0.1) is 0 Å². The van der Waals surface area contributed by atoms with Crippen LogP contribution in [0.1, 0.15) is 42.4 Å². The molecule has 9 nitrogen and oxygen atoms in total. The van der Waals surface area contributed by atoms with Gasteiger partial charge in [0, 0.05) is 26.6 Å². The Balaban J connectivity index is 1.50. The van der Waals surface area contributed by atoms with Gasteiger partial charge in [-0.3, -0.25) is 14.4 Å². The van der Waals surface area contributed by atoms with Crippen molar-refractivity contribution in [2.45, 2.75) is 38.3 Å². The van der Waals surface area contributed by atoms with Gasteiger partial charge in [0.2, 0.25) is 5.91 Å². The fourth-order valence-corrected chi connectivity index (χ4v) is 4.29. The smallest absolute Gasteiger partial charge is 0.261 e. The minimum absolute atomic E-state index is 0.0110. The van der Waals surface area contributed by atoms with Crippen LogP contribution in [-0.2, 0) is 27.3 Å². The number of H-pyrrole nitrogens is 1. The van der Waals surface area contributed by atoms with Gasteiger partial charge in [-0.05, 0) is 31.4 Å². The van der Waals surface area contributed by atoms with E-state index in [0.717, 1.165) is 19.3 Å². The standard InChI is InChI=1S/C23H28N4O5/c1-31-14-20(28)26-12-10-18-17(13-26)23(30)25-22(24-18)19-9-5-6-11-27(19)21(29)15-32-16-7-3-2-4-8-16/h2-4,7-8,19H,5-6,9-15H2,1H3,(H,24,25,30)/t19-/m0/s1. The lowest BCUT2D eigenvalue weighted by Crippen LogP contribution is -2.44. The molecule has 4 rings (SSSR count). The van der Waals surface area contributed by atoms with Crippen LogP contribution in [0.3, 0.4) is 0 Å². The summed E-state index contributed by atoms with van der Waals surface area (Å²) in [5.74, 6) is 0.875. The number of likely N-dealkylation sites (tertiary alicyclic amines) is 1. The van der Waals surface area contributed by atoms with Crippen LogP contribution in [0.2, 0.25) is 0 Å². The number of nitrogens with one attached hydrogen (secondary N) is 1. The number of fused-ring (bicyclic) bond motifs is 1. The van der Waals surface area contributed by atoms with Crippen molar-refractivity contribution in [1.82, 2.24) is 19.8 Å². The monoisotopic (exact) mass is 440 g/mol. The van der Waals surface area contributed by atoms with Gasteiger partial charge in [-0.1, -0.05) is 18.2 Å². The molecule has 0 spiro atoms. The molecule has 2 aliphatic heterocycles. The number of aromatic amines is 1. The molecule has 1 N–H and O–H groups in total. The number of aromatic nitrogens is 2. The number of nitrogens with zero attached hydrogens (tertiary/aromatic N) is 3. The van der Waals surface area contributed by atoms with Crippen LogP contribution in [0.5, 0.6) is 5.75 Å². The van der Waals surface area contributed by atoms with Crippen LogP contribution >= 0.6 is 0 Å². The summed E-state index contributed by atoms with van der Waals surface area (Å²) in [6, 6.07) is 8.93. The number of amides is 2. The third-order valence-electron chi connectivity index (χ3n) is 5.95. The summed E-state index contributed by atoms with van der Waals surface area (Å²) in [6.45, 7) is 1.23. The molecule has 0 saturated carbocycles. The van der Waals surface area contributed by atoms with Crippen LogP contribution in [0.15, 0.2) is 35.1 Å². The zero-order chi connectivity index (χ0) is 22.5. The molecule has 170 valence electrons. The second kappa shape index (κ2) is 9.95. The maximum Gasteiger partial charge on any atom is 0.261 e. The molecule has 2 aliphatic rings. The summed E-state index contributed by atoms with van der Waals surface area (Å²) in [5, 5.41) is 0. The molecule has 0 aliphatic carbocycles. The Hall–Kier alpha value is -3.20. The van der Waals surface area contributed by atoms with Gasteiger partial charge >= 0.3 is 0 Å². The van der Waals surface area contributed by atoms with E-state index in [9.17, 15) is 14.4 Å². The summed E-state index contributed by atoms with van der Waals surface area (Å²) in [4.78, 5) is 48.9. The van der Waals surface area contributed by atoms with Crippen molar-refractivity contribution in [1.29, 1.82) is 0 Å². The third-order valence-corrected chi connectivity index (χ3v) is 5.95. The highest BCUT2D eigenvalue weighted by Gasteiger charge is 2.32. The Morgan fingerprint density at radius 3 is 2.72 bits per heavy atom. The number of piperidine rings is 1. The van der Waals surface area contributed by atoms with E-state index in [1.54, 1.807) is 9.80 Å². The van der Waals surface area contributed by atoms with Gasteiger partial charge in [0.15, 0.2) is 6.61 Å². The molecule has 1 aromatic carbocycles. The van der Waals surface area contributed by atoms with E-state index in [2.05, 4.69) is 4.98 Å². The Bertz CT molecular complexity index is 1020. The Morgan fingerprint density at radius 2 is 1.94 bits per heavy atom. The maximum absolute atomic E-state index is 12.9. The van der Waals surface area contributed by atoms with E-state index in [0.29, 0.717) is 42.3 Å². The quantitative estimate of drug-likeness (QED) is 0.729. The number of carbonyl (C=O) groups excluding carboxylic acids is 2. The average molecular weight is 441 g/mol. The molecule has 0 unspecified atom stereocenters. The topological polar surface area (TPSA) is 105 Å². The van der Waals surface area contributed by atoms with E-state index >= 15 is 0 Å². The highest BCUT2D eigenvalue weighted by Crippen LogP contribution is 2.29. The molecule has 3 heterocycles. The number of hydrogen-bond donors (Lipinski definition) is 1. The van der Waals surface area contributed by atoms with Gasteiger partial charge in [-0.2, -0.15) is 0 Å². The maximum atomic E-state index is 12.9. The van der Waals surface area contributed by atoms with Crippen molar-refractivity contribution in [2.24, 2.45) is 0 Å². The van der Waals surface area contributed by atoms with Gasteiger partial charge < -0.3 is 24.3 Å². The lowest BCUT2D eigenvalue weighted by Gasteiger charge is -2.35. The molecule has 1 atom stereocenters. The van der Waals surface area contributed by atoms with Gasteiger partial charge in [0.1, 0.15) is 18.2 Å². The summed E-state index contributed by atoms with van der Waals surface area (Å²) in [7, 11) is 1.47. The van der Waals surface area contributed by atoms with Crippen LogP contribution < -0.4 is 10.3 Å². The van der Waals surface area contributed by atoms with Crippen LogP contribution in [0.25, 0.3) is 0 Å². The number of ether oxygens (including phenoxy) is 2. The lowest BCUT2D eigenvalue weighted by atomic mass is 10.00. The highest BCUT2D eigenvalue weighted by atomic mass is 16.5. The van der Waals surface area contributed by atoms with Crippen LogP contribution in [0, 0.1) is 0 Å². The van der Waals surface area contributed by atoms with E-state index in [1.165, 1.54) is 7.11 Å². The van der Waals surface area contributed by atoms with E-state index in [4.69, 9.17) is 14.5 Å². The van der Waals surface area contributed by atoms with Gasteiger partial charge in [-0.25, -0.2) is 4.98 Å². The number of benzene rings is 1. The Labute approximate surface area is 186 Å². The third kappa shape index (κ3) is 4.83. The molecule has 1 saturated heterocycles. The first-order chi connectivity index (χ1) is 15.6. The SMILES string of the molecule is COCC(=O)N1CCc2nc([C@@H]3CCCCN3C(=O)COc3ccccc3)[nH]c(=O)c2C1. The predicted octanol–water partition coefficient (Wildman–Crippen LogP) is 1.43. The van der Waals surface area contributed by atoms with Crippen LogP contribution in [0.4, 0.5) is 0 Å². The molecule has 0 radical (unpaired) electrons. The molecule has 2 amide bonds. The molecule has 1 fully saturated rings. The van der Waals surface area contributed by atoms with E-state index < -0.39 is 0 Å². The highest BCUT2D eigenvalue weighted by molar-refractivity contribution is 5.78. The zero-order valence-electron chi connectivity index (χ0n) is 18.2. The number of methoxy groups -OCH3 is 1. The fraction of sp³-hybridized carbons (Fsp3) is 0.478. The minimum atomic E-state index is -0.290. The van der Waals surface area contributed by atoms with Crippen molar-refractivity contribution in [3.8, 4) is 5.75 Å². The minimum Gasteiger partial charge on any atom is -0.484 e. The molecular formula is C23H28N4O5. The van der Waals surface area contributed by atoms with Crippen molar-refractivity contribution in [3.05, 3.63) is 57.8 Å². The second-order valence-electron chi connectivity index (χ2n) is 8.08. The van der Waals surface area contributed by atoms with E-state index in [-0.39, 0.29) is 43.2 Å². The summed E-state index contributed by atoms with van der Waals surface area (Å²) in [5.41, 5.74) is 0.952. The van der Waals surface area contributed by atoms with Gasteiger partial charge in [0.05, 0.1) is 23.8 Å². The predicted molar refractivity (Wildman–Crippen MR) is 116 cm³/mol. The van der Waals surface area contributed by atoms with Crippen molar-refractivity contribution < 1.29 is 19.1 Å². The van der Waals surface area contributed by atoms with Crippen LogP contribution in [-0.4, -0.2) is 65.0 Å². The number of hydrogen-bond acceptors (Lipinski definition) is 6. The van der Waals surface area contributed by atoms with Gasteiger partial charge in [0.25, 0.3) is 11.5 Å². The normalized spacial score (nSPS) is 18.2. The molecule has 1 aromatic heterocycles.